The minimum absolute atomic E-state index is 0.163. The molecule has 1 saturated heterocycles. The van der Waals surface area contributed by atoms with E-state index < -0.39 is 11.3 Å². The van der Waals surface area contributed by atoms with Crippen LogP contribution >= 0.6 is 0 Å². The number of rotatable bonds is 5. The topological polar surface area (TPSA) is 107 Å². The number of amides is 2. The number of fused-ring (bicyclic) bond motifs is 1. The average Bonchev–Trinajstić information content (AvgIpc) is 2.74. The molecule has 3 N–H and O–H groups in total. The lowest BCUT2D eigenvalue weighted by Gasteiger charge is -2.40. The molecular weight excluding hydrogens is 372 g/mol. The number of likely N-dealkylation sites (tertiary alicyclic amines) is 1. The van der Waals surface area contributed by atoms with Gasteiger partial charge in [0.2, 0.25) is 11.8 Å². The van der Waals surface area contributed by atoms with E-state index in [1.54, 1.807) is 30.5 Å². The van der Waals surface area contributed by atoms with Gasteiger partial charge >= 0.3 is 0 Å². The molecule has 2 aliphatic heterocycles. The SMILES string of the molecule is NC(=O)[C@@]1(c2ccccn2)CCCN(CC(=O)Nc2ccc3c(c2)OCCO3)C1. The summed E-state index contributed by atoms with van der Waals surface area (Å²) in [5.41, 5.74) is 6.20. The molecule has 4 rings (SSSR count). The van der Waals surface area contributed by atoms with Crippen molar-refractivity contribution in [1.29, 1.82) is 0 Å². The zero-order chi connectivity index (χ0) is 20.3. The molecule has 152 valence electrons. The number of hydrogen-bond donors (Lipinski definition) is 2. The molecule has 0 aliphatic carbocycles. The third kappa shape index (κ3) is 4.02. The predicted molar refractivity (Wildman–Crippen MR) is 107 cm³/mol. The number of nitrogens with two attached hydrogens (primary N) is 1. The van der Waals surface area contributed by atoms with Crippen LogP contribution in [0.15, 0.2) is 42.6 Å². The Balaban J connectivity index is 1.44. The van der Waals surface area contributed by atoms with Crippen molar-refractivity contribution in [2.24, 2.45) is 5.73 Å². The summed E-state index contributed by atoms with van der Waals surface area (Å²) in [6.45, 7) is 2.26. The van der Waals surface area contributed by atoms with Crippen LogP contribution in [0.25, 0.3) is 0 Å². The Morgan fingerprint density at radius 2 is 2.00 bits per heavy atom. The first-order valence-corrected chi connectivity index (χ1v) is 9.70. The maximum atomic E-state index is 12.6. The molecule has 0 unspecified atom stereocenters. The zero-order valence-corrected chi connectivity index (χ0v) is 16.1. The molecule has 2 aliphatic rings. The van der Waals surface area contributed by atoms with E-state index in [0.717, 1.165) is 13.0 Å². The molecule has 2 amide bonds. The van der Waals surface area contributed by atoms with Gasteiger partial charge in [-0.05, 0) is 43.7 Å². The van der Waals surface area contributed by atoms with Crippen LogP contribution in [0.1, 0.15) is 18.5 Å². The minimum atomic E-state index is -0.878. The Morgan fingerprint density at radius 1 is 1.17 bits per heavy atom. The quantitative estimate of drug-likeness (QED) is 0.789. The summed E-state index contributed by atoms with van der Waals surface area (Å²) in [5.74, 6) is 0.720. The van der Waals surface area contributed by atoms with Crippen LogP contribution in [0.4, 0.5) is 5.69 Å². The van der Waals surface area contributed by atoms with Gasteiger partial charge in [0.25, 0.3) is 0 Å². The van der Waals surface area contributed by atoms with Crippen molar-refractivity contribution in [3.05, 3.63) is 48.3 Å². The highest BCUT2D eigenvalue weighted by Crippen LogP contribution is 2.34. The molecule has 1 fully saturated rings. The van der Waals surface area contributed by atoms with Crippen LogP contribution in [0.3, 0.4) is 0 Å². The van der Waals surface area contributed by atoms with Crippen molar-refractivity contribution in [2.75, 3.05) is 38.2 Å². The van der Waals surface area contributed by atoms with E-state index in [1.165, 1.54) is 0 Å². The highest BCUT2D eigenvalue weighted by atomic mass is 16.6. The normalized spacial score (nSPS) is 21.4. The smallest absolute Gasteiger partial charge is 0.238 e. The van der Waals surface area contributed by atoms with Crippen molar-refractivity contribution < 1.29 is 19.1 Å². The van der Waals surface area contributed by atoms with Crippen LogP contribution in [0, 0.1) is 0 Å². The van der Waals surface area contributed by atoms with E-state index in [1.807, 2.05) is 17.0 Å². The van der Waals surface area contributed by atoms with E-state index in [9.17, 15) is 9.59 Å². The van der Waals surface area contributed by atoms with Crippen LogP contribution in [0.2, 0.25) is 0 Å². The third-order valence-electron chi connectivity index (χ3n) is 5.39. The third-order valence-corrected chi connectivity index (χ3v) is 5.39. The highest BCUT2D eigenvalue weighted by Gasteiger charge is 2.43. The van der Waals surface area contributed by atoms with Crippen molar-refractivity contribution in [1.82, 2.24) is 9.88 Å². The number of ether oxygens (including phenoxy) is 2. The first-order chi connectivity index (χ1) is 14.1. The number of aromatic nitrogens is 1. The fraction of sp³-hybridized carbons (Fsp3) is 0.381. The summed E-state index contributed by atoms with van der Waals surface area (Å²) < 4.78 is 11.0. The second kappa shape index (κ2) is 8.08. The van der Waals surface area contributed by atoms with Gasteiger partial charge in [0.05, 0.1) is 12.2 Å². The van der Waals surface area contributed by atoms with Gasteiger partial charge < -0.3 is 20.5 Å². The fourth-order valence-electron chi connectivity index (χ4n) is 3.99. The number of pyridine rings is 1. The number of hydrogen-bond acceptors (Lipinski definition) is 6. The Morgan fingerprint density at radius 3 is 2.76 bits per heavy atom. The van der Waals surface area contributed by atoms with E-state index in [0.29, 0.717) is 49.1 Å². The van der Waals surface area contributed by atoms with Gasteiger partial charge in [0.1, 0.15) is 18.6 Å². The summed E-state index contributed by atoms with van der Waals surface area (Å²) in [6, 6.07) is 10.8. The monoisotopic (exact) mass is 396 g/mol. The van der Waals surface area contributed by atoms with Crippen LogP contribution in [-0.4, -0.2) is 54.5 Å². The van der Waals surface area contributed by atoms with E-state index in [4.69, 9.17) is 15.2 Å². The largest absolute Gasteiger partial charge is 0.486 e. The van der Waals surface area contributed by atoms with E-state index >= 15 is 0 Å². The van der Waals surface area contributed by atoms with Crippen LogP contribution in [-0.2, 0) is 15.0 Å². The molecule has 8 heteroatoms. The van der Waals surface area contributed by atoms with Gasteiger partial charge in [-0.2, -0.15) is 0 Å². The number of anilines is 1. The fourth-order valence-corrected chi connectivity index (χ4v) is 3.99. The summed E-state index contributed by atoms with van der Waals surface area (Å²) in [4.78, 5) is 31.3. The van der Waals surface area contributed by atoms with Gasteiger partial charge in [0, 0.05) is 24.5 Å². The number of primary amides is 1. The molecule has 0 saturated carbocycles. The van der Waals surface area contributed by atoms with Crippen molar-refractivity contribution in [3.8, 4) is 11.5 Å². The second-order valence-electron chi connectivity index (χ2n) is 7.38. The van der Waals surface area contributed by atoms with E-state index in [-0.39, 0.29) is 12.5 Å². The zero-order valence-electron chi connectivity index (χ0n) is 16.1. The Hall–Kier alpha value is -3.13. The second-order valence-corrected chi connectivity index (χ2v) is 7.38. The lowest BCUT2D eigenvalue weighted by atomic mass is 9.76. The van der Waals surface area contributed by atoms with Gasteiger partial charge in [-0.15, -0.1) is 0 Å². The Bertz CT molecular complexity index is 905. The number of nitrogens with one attached hydrogen (secondary N) is 1. The molecule has 3 heterocycles. The number of nitrogens with zero attached hydrogens (tertiary/aromatic N) is 2. The van der Waals surface area contributed by atoms with Crippen LogP contribution < -0.4 is 20.5 Å². The summed E-state index contributed by atoms with van der Waals surface area (Å²) in [7, 11) is 0. The molecule has 0 spiro atoms. The number of carbonyl (C=O) groups excluding carboxylic acids is 2. The Labute approximate surface area is 169 Å². The maximum absolute atomic E-state index is 12.6. The number of carbonyl (C=O) groups is 2. The molecule has 2 aromatic rings. The molecule has 1 aromatic carbocycles. The average molecular weight is 396 g/mol. The highest BCUT2D eigenvalue weighted by molar-refractivity contribution is 5.93. The maximum Gasteiger partial charge on any atom is 0.238 e. The summed E-state index contributed by atoms with van der Waals surface area (Å²) in [5, 5.41) is 2.89. The van der Waals surface area contributed by atoms with Crippen molar-refractivity contribution in [3.63, 3.8) is 0 Å². The predicted octanol–water partition coefficient (Wildman–Crippen LogP) is 1.31. The lowest BCUT2D eigenvalue weighted by Crippen LogP contribution is -2.55. The lowest BCUT2D eigenvalue weighted by molar-refractivity contribution is -0.127. The number of piperidine rings is 1. The summed E-state index contributed by atoms with van der Waals surface area (Å²) >= 11 is 0. The Kier molecular flexibility index (Phi) is 5.35. The molecule has 8 nitrogen and oxygen atoms in total. The van der Waals surface area contributed by atoms with Gasteiger partial charge in [-0.1, -0.05) is 6.07 Å². The van der Waals surface area contributed by atoms with E-state index in [2.05, 4.69) is 10.3 Å². The molecule has 1 aromatic heterocycles. The van der Waals surface area contributed by atoms with Gasteiger partial charge in [0.15, 0.2) is 11.5 Å². The van der Waals surface area contributed by atoms with Gasteiger partial charge in [-0.25, -0.2) is 0 Å². The standard InChI is InChI=1S/C21H24N4O4/c22-20(27)21(18-4-1-2-8-23-18)7-3-9-25(14-21)13-19(26)24-15-5-6-16-17(12-15)29-11-10-28-16/h1-2,4-6,8,12H,3,7,9-11,13-14H2,(H2,22,27)(H,24,26)/t21-/m0/s1. The molecule has 29 heavy (non-hydrogen) atoms. The van der Waals surface area contributed by atoms with Crippen molar-refractivity contribution in [2.45, 2.75) is 18.3 Å². The minimum Gasteiger partial charge on any atom is -0.486 e. The first kappa shape index (κ1) is 19.2. The molecule has 0 radical (unpaired) electrons. The molecular formula is C21H24N4O4. The molecule has 0 bridgehead atoms. The van der Waals surface area contributed by atoms with Gasteiger partial charge in [-0.3, -0.25) is 19.5 Å². The molecule has 1 atom stereocenters. The summed E-state index contributed by atoms with van der Waals surface area (Å²) in [6.07, 6.45) is 3.05. The van der Waals surface area contributed by atoms with Crippen molar-refractivity contribution >= 4 is 17.5 Å². The van der Waals surface area contributed by atoms with Crippen LogP contribution in [0.5, 0.6) is 11.5 Å². The number of benzene rings is 1. The first-order valence-electron chi connectivity index (χ1n) is 9.70.